The quantitative estimate of drug-likeness (QED) is 0.649. The van der Waals surface area contributed by atoms with Gasteiger partial charge in [-0.15, -0.1) is 0 Å². The zero-order valence-corrected chi connectivity index (χ0v) is 16.5. The van der Waals surface area contributed by atoms with Gasteiger partial charge in [0.05, 0.1) is 12.5 Å². The zero-order valence-electron chi connectivity index (χ0n) is 16.5. The molecule has 1 aromatic heterocycles. The molecule has 1 aliphatic carbocycles. The van der Waals surface area contributed by atoms with Crippen molar-refractivity contribution < 1.29 is 9.59 Å². The van der Waals surface area contributed by atoms with Crippen LogP contribution in [0.25, 0.3) is 0 Å². The number of nitrogens with zero attached hydrogens (tertiary/aromatic N) is 1. The van der Waals surface area contributed by atoms with Crippen LogP contribution in [0.4, 0.5) is 0 Å². The number of amides is 2. The van der Waals surface area contributed by atoms with E-state index in [1.165, 1.54) is 11.6 Å². The average Bonchev–Trinajstić information content (AvgIpc) is 2.55. The first-order chi connectivity index (χ1) is 13.2. The summed E-state index contributed by atoms with van der Waals surface area (Å²) in [4.78, 5) is 53.4. The number of H-pyrrole nitrogens is 2. The number of hydrogen-bond donors (Lipinski definition) is 3. The minimum absolute atomic E-state index is 0.00782. The molecule has 1 aliphatic heterocycles. The summed E-state index contributed by atoms with van der Waals surface area (Å²) < 4.78 is 0. The van der Waals surface area contributed by atoms with Gasteiger partial charge in [-0.05, 0) is 37.5 Å². The third-order valence-corrected chi connectivity index (χ3v) is 5.70. The number of rotatable bonds is 5. The van der Waals surface area contributed by atoms with E-state index < -0.39 is 11.2 Å². The molecule has 0 aromatic carbocycles. The van der Waals surface area contributed by atoms with Crippen molar-refractivity contribution in [1.82, 2.24) is 20.2 Å². The molecule has 1 atom stereocenters. The number of carbonyl (C=O) groups is 2. The zero-order chi connectivity index (χ0) is 20.3. The Balaban J connectivity index is 1.47. The number of nitrogens with one attached hydrogen (secondary N) is 3. The Morgan fingerprint density at radius 3 is 2.57 bits per heavy atom. The van der Waals surface area contributed by atoms with Gasteiger partial charge in [0.1, 0.15) is 0 Å². The van der Waals surface area contributed by atoms with Crippen LogP contribution in [0.2, 0.25) is 0 Å². The maximum atomic E-state index is 12.5. The highest BCUT2D eigenvalue weighted by Gasteiger charge is 2.32. The maximum Gasteiger partial charge on any atom is 0.325 e. The Kier molecular flexibility index (Phi) is 5.86. The van der Waals surface area contributed by atoms with E-state index in [2.05, 4.69) is 29.1 Å². The Bertz CT molecular complexity index is 856. The van der Waals surface area contributed by atoms with Crippen molar-refractivity contribution in [3.8, 4) is 0 Å². The van der Waals surface area contributed by atoms with Gasteiger partial charge in [-0.3, -0.25) is 19.4 Å². The van der Waals surface area contributed by atoms with Crippen molar-refractivity contribution in [1.29, 1.82) is 0 Å². The minimum Gasteiger partial charge on any atom is -0.354 e. The lowest BCUT2D eigenvalue weighted by molar-refractivity contribution is -0.134. The lowest BCUT2D eigenvalue weighted by Gasteiger charge is -2.41. The molecule has 8 nitrogen and oxygen atoms in total. The highest BCUT2D eigenvalue weighted by atomic mass is 16.2. The highest BCUT2D eigenvalue weighted by molar-refractivity contribution is 5.89. The lowest BCUT2D eigenvalue weighted by atomic mass is 9.75. The van der Waals surface area contributed by atoms with Crippen LogP contribution in [0.5, 0.6) is 0 Å². The van der Waals surface area contributed by atoms with E-state index in [4.69, 9.17) is 0 Å². The highest BCUT2D eigenvalue weighted by Crippen LogP contribution is 2.37. The van der Waals surface area contributed by atoms with E-state index in [0.29, 0.717) is 18.5 Å². The van der Waals surface area contributed by atoms with Crippen molar-refractivity contribution in [2.75, 3.05) is 13.1 Å². The summed E-state index contributed by atoms with van der Waals surface area (Å²) >= 11 is 0. The van der Waals surface area contributed by atoms with Crippen LogP contribution in [0.1, 0.15) is 51.6 Å². The number of allylic oxidation sites excluding steroid dienone is 1. The second-order valence-corrected chi connectivity index (χ2v) is 8.53. The number of aromatic amines is 2. The van der Waals surface area contributed by atoms with Crippen LogP contribution in [-0.2, 0) is 16.0 Å². The fourth-order valence-electron chi connectivity index (χ4n) is 3.67. The molecular weight excluding hydrogens is 360 g/mol. The van der Waals surface area contributed by atoms with Gasteiger partial charge >= 0.3 is 5.69 Å². The number of aromatic nitrogens is 2. The normalized spacial score (nSPS) is 21.0. The van der Waals surface area contributed by atoms with Gasteiger partial charge in [0.2, 0.25) is 11.8 Å². The third kappa shape index (κ3) is 5.21. The summed E-state index contributed by atoms with van der Waals surface area (Å²) in [6.07, 6.45) is 6.71. The predicted molar refractivity (Wildman–Crippen MR) is 105 cm³/mol. The molecule has 2 aliphatic rings. The second-order valence-electron chi connectivity index (χ2n) is 8.53. The molecule has 8 heteroatoms. The SMILES string of the molecule is CC1(C)CCC(=CC(=O)N2CCC2CNC(=O)Cc2cc(=O)[nH]c(=O)[nH]2)CC1. The van der Waals surface area contributed by atoms with Gasteiger partial charge in [-0.2, -0.15) is 0 Å². The van der Waals surface area contributed by atoms with Crippen LogP contribution >= 0.6 is 0 Å². The van der Waals surface area contributed by atoms with Gasteiger partial charge in [0.25, 0.3) is 5.56 Å². The first-order valence-corrected chi connectivity index (χ1v) is 9.81. The maximum absolute atomic E-state index is 12.5. The molecule has 1 saturated carbocycles. The van der Waals surface area contributed by atoms with E-state index in [1.807, 2.05) is 0 Å². The first kappa shape index (κ1) is 20.1. The Labute approximate surface area is 163 Å². The van der Waals surface area contributed by atoms with E-state index in [0.717, 1.165) is 32.1 Å². The van der Waals surface area contributed by atoms with Crippen molar-refractivity contribution in [2.24, 2.45) is 5.41 Å². The number of hydrogen-bond acceptors (Lipinski definition) is 4. The average molecular weight is 388 g/mol. The summed E-state index contributed by atoms with van der Waals surface area (Å²) in [6, 6.07) is 1.18. The summed E-state index contributed by atoms with van der Waals surface area (Å²) in [7, 11) is 0. The molecule has 2 fully saturated rings. The molecule has 3 rings (SSSR count). The summed E-state index contributed by atoms with van der Waals surface area (Å²) in [5.74, 6) is -0.271. The topological polar surface area (TPSA) is 115 Å². The van der Waals surface area contributed by atoms with Crippen LogP contribution in [0.3, 0.4) is 0 Å². The van der Waals surface area contributed by atoms with Gasteiger partial charge < -0.3 is 15.2 Å². The Hall–Kier alpha value is -2.64. The molecule has 0 bridgehead atoms. The molecule has 0 radical (unpaired) electrons. The summed E-state index contributed by atoms with van der Waals surface area (Å²) in [5, 5.41) is 2.78. The third-order valence-electron chi connectivity index (χ3n) is 5.70. The van der Waals surface area contributed by atoms with Crippen LogP contribution < -0.4 is 16.6 Å². The molecule has 0 spiro atoms. The van der Waals surface area contributed by atoms with Crippen molar-refractivity contribution in [3.63, 3.8) is 0 Å². The Morgan fingerprint density at radius 1 is 1.25 bits per heavy atom. The largest absolute Gasteiger partial charge is 0.354 e. The molecule has 28 heavy (non-hydrogen) atoms. The predicted octanol–water partition coefficient (Wildman–Crippen LogP) is 0.849. The Morgan fingerprint density at radius 2 is 1.96 bits per heavy atom. The van der Waals surface area contributed by atoms with Crippen LogP contribution in [0.15, 0.2) is 27.3 Å². The molecule has 1 aromatic rings. The molecule has 152 valence electrons. The molecular formula is C20H28N4O4. The van der Waals surface area contributed by atoms with Crippen molar-refractivity contribution in [3.05, 3.63) is 44.2 Å². The molecule has 1 saturated heterocycles. The van der Waals surface area contributed by atoms with Crippen molar-refractivity contribution >= 4 is 11.8 Å². The van der Waals surface area contributed by atoms with E-state index in [-0.39, 0.29) is 30.0 Å². The van der Waals surface area contributed by atoms with Gasteiger partial charge in [0.15, 0.2) is 0 Å². The van der Waals surface area contributed by atoms with Gasteiger partial charge in [0, 0.05) is 30.9 Å². The van der Waals surface area contributed by atoms with E-state index in [9.17, 15) is 19.2 Å². The van der Waals surface area contributed by atoms with Crippen LogP contribution in [-0.4, -0.2) is 45.8 Å². The van der Waals surface area contributed by atoms with E-state index >= 15 is 0 Å². The standard InChI is InChI=1S/C20H28N4O4/c1-20(2)6-3-13(4-7-20)9-18(27)24-8-5-15(24)12-21-16(25)10-14-11-17(26)23-19(28)22-14/h9,11,15H,3-8,10,12H2,1-2H3,(H,21,25)(H2,22,23,26,28). The minimum atomic E-state index is -0.634. The smallest absolute Gasteiger partial charge is 0.325 e. The second kappa shape index (κ2) is 8.16. The van der Waals surface area contributed by atoms with Gasteiger partial charge in [-0.1, -0.05) is 19.4 Å². The molecule has 1 unspecified atom stereocenters. The fourth-order valence-corrected chi connectivity index (χ4v) is 3.67. The molecule has 2 heterocycles. The van der Waals surface area contributed by atoms with Crippen LogP contribution in [0, 0.1) is 5.41 Å². The summed E-state index contributed by atoms with van der Waals surface area (Å²) in [5.41, 5.74) is 0.666. The molecule has 2 amide bonds. The molecule has 3 N–H and O–H groups in total. The first-order valence-electron chi connectivity index (χ1n) is 9.81. The monoisotopic (exact) mass is 388 g/mol. The van der Waals surface area contributed by atoms with Crippen molar-refractivity contribution in [2.45, 2.75) is 58.4 Å². The number of carbonyl (C=O) groups excluding carboxylic acids is 2. The summed E-state index contributed by atoms with van der Waals surface area (Å²) in [6.45, 7) is 5.60. The number of likely N-dealkylation sites (tertiary alicyclic amines) is 1. The van der Waals surface area contributed by atoms with Gasteiger partial charge in [-0.25, -0.2) is 4.79 Å². The van der Waals surface area contributed by atoms with E-state index in [1.54, 1.807) is 11.0 Å². The fraction of sp³-hybridized carbons (Fsp3) is 0.600. The lowest BCUT2D eigenvalue weighted by Crippen LogP contribution is -2.55.